The van der Waals surface area contributed by atoms with Gasteiger partial charge in [0.05, 0.1) is 11.6 Å². The largest absolute Gasteiger partial charge is 0.507 e. The highest BCUT2D eigenvalue weighted by atomic mass is 16.3. The van der Waals surface area contributed by atoms with Crippen LogP contribution in [0.25, 0.3) is 22.2 Å². The van der Waals surface area contributed by atoms with Gasteiger partial charge in [-0.3, -0.25) is 4.98 Å². The molecule has 3 N–H and O–H groups in total. The molecule has 1 aliphatic heterocycles. The van der Waals surface area contributed by atoms with Crippen LogP contribution in [0.3, 0.4) is 0 Å². The van der Waals surface area contributed by atoms with Gasteiger partial charge in [-0.1, -0.05) is 0 Å². The number of pyridine rings is 1. The number of hydrogen-bond acceptors (Lipinski definition) is 7. The van der Waals surface area contributed by atoms with Gasteiger partial charge < -0.3 is 15.7 Å². The van der Waals surface area contributed by atoms with Gasteiger partial charge in [-0.15, -0.1) is 10.2 Å². The lowest BCUT2D eigenvalue weighted by Gasteiger charge is -2.24. The number of nitrogens with zero attached hydrogens (tertiary/aromatic N) is 4. The minimum atomic E-state index is -0.0219. The van der Waals surface area contributed by atoms with Crippen molar-refractivity contribution < 1.29 is 6.52 Å². The quantitative estimate of drug-likeness (QED) is 0.668. The highest BCUT2D eigenvalue weighted by molar-refractivity contribution is 5.98. The third kappa shape index (κ3) is 3.03. The Morgan fingerprint density at radius 3 is 3.08 bits per heavy atom. The summed E-state index contributed by atoms with van der Waals surface area (Å²) < 4.78 is 7.83. The molecule has 3 aromatic rings. The molecule has 3 heterocycles. The molecule has 0 bridgehead atoms. The van der Waals surface area contributed by atoms with Crippen molar-refractivity contribution in [1.29, 1.82) is 5.26 Å². The summed E-state index contributed by atoms with van der Waals surface area (Å²) in [7, 11) is 0. The number of nitriles is 1. The van der Waals surface area contributed by atoms with Crippen LogP contribution in [-0.4, -0.2) is 39.4 Å². The van der Waals surface area contributed by atoms with Gasteiger partial charge in [-0.25, -0.2) is 0 Å². The highest BCUT2D eigenvalue weighted by Crippen LogP contribution is 2.34. The fourth-order valence-electron chi connectivity index (χ4n) is 3.18. The van der Waals surface area contributed by atoms with Gasteiger partial charge in [-0.05, 0) is 49.7 Å². The molecule has 1 saturated heterocycles. The maximum Gasteiger partial charge on any atom is 0.175 e. The van der Waals surface area contributed by atoms with Crippen LogP contribution in [0.4, 0.5) is 5.82 Å². The molecule has 7 heteroatoms. The molecule has 0 unspecified atom stereocenters. The van der Waals surface area contributed by atoms with Gasteiger partial charge in [0.1, 0.15) is 18.4 Å². The summed E-state index contributed by atoms with van der Waals surface area (Å²) in [4.78, 5) is 4.46. The predicted molar refractivity (Wildman–Crippen MR) is 98.7 cm³/mol. The number of phenolic OH excluding ortho intramolecular Hbond substituents is 1. The molecule has 0 saturated carbocycles. The van der Waals surface area contributed by atoms with Crippen molar-refractivity contribution in [1.82, 2.24) is 20.5 Å². The summed E-state index contributed by atoms with van der Waals surface area (Å²) >= 11 is 0. The SMILES string of the molecule is [2H]N1CCC[C@@H](Nc2nnc(-c3ccc(C#N)cc3O)c3cccnc23)C1. The lowest BCUT2D eigenvalue weighted by molar-refractivity contribution is 0.476. The topological polar surface area (TPSA) is 107 Å². The molecular weight excluding hydrogens is 328 g/mol. The Kier molecular flexibility index (Phi) is 4.02. The van der Waals surface area contributed by atoms with Crippen LogP contribution < -0.4 is 10.6 Å². The van der Waals surface area contributed by atoms with Gasteiger partial charge >= 0.3 is 0 Å². The van der Waals surface area contributed by atoms with Crippen LogP contribution in [-0.2, 0) is 0 Å². The third-order valence-corrected chi connectivity index (χ3v) is 4.48. The summed E-state index contributed by atoms with van der Waals surface area (Å²) in [5, 5.41) is 33.6. The van der Waals surface area contributed by atoms with Gasteiger partial charge in [-0.2, -0.15) is 5.26 Å². The molecule has 1 aliphatic rings. The number of nitrogens with one attached hydrogen (secondary N) is 2. The van der Waals surface area contributed by atoms with E-state index in [1.807, 2.05) is 18.2 Å². The van der Waals surface area contributed by atoms with Crippen LogP contribution >= 0.6 is 0 Å². The standard InChI is InChI=1S/C19H18N6O/c20-10-12-5-6-14(16(26)9-12)17-15-4-2-8-22-18(15)19(25-24-17)23-13-3-1-7-21-11-13/h2,4-6,8-9,13,21,26H,1,3,7,11H2,(H,23,25)/t13-/m1/s1/i/hD. The third-order valence-electron chi connectivity index (χ3n) is 4.48. The molecule has 1 atom stereocenters. The summed E-state index contributed by atoms with van der Waals surface area (Å²) in [5.74, 6) is 0.550. The number of phenols is 1. The summed E-state index contributed by atoms with van der Waals surface area (Å²) in [6, 6.07) is 10.5. The Hall–Kier alpha value is -3.24. The minimum Gasteiger partial charge on any atom is -0.507 e. The molecule has 1 aromatic carbocycles. The number of hydrogen-bond donors (Lipinski definition) is 3. The van der Waals surface area contributed by atoms with E-state index in [2.05, 4.69) is 20.5 Å². The molecule has 2 aromatic heterocycles. The van der Waals surface area contributed by atoms with Crippen LogP contribution in [0.2, 0.25) is 1.41 Å². The maximum atomic E-state index is 10.3. The number of rotatable bonds is 3. The molecule has 0 spiro atoms. The zero-order chi connectivity index (χ0) is 18.8. The van der Waals surface area contributed by atoms with Crippen LogP contribution in [0.1, 0.15) is 18.4 Å². The molecule has 130 valence electrons. The van der Waals surface area contributed by atoms with Gasteiger partial charge in [0.2, 0.25) is 0 Å². The van der Waals surface area contributed by atoms with E-state index in [-0.39, 0.29) is 11.8 Å². The maximum absolute atomic E-state index is 10.3. The van der Waals surface area contributed by atoms with Crippen molar-refractivity contribution in [2.24, 2.45) is 0 Å². The first-order valence-corrected chi connectivity index (χ1v) is 8.51. The van der Waals surface area contributed by atoms with Crippen molar-refractivity contribution >= 4 is 16.7 Å². The lowest BCUT2D eigenvalue weighted by atomic mass is 10.0. The monoisotopic (exact) mass is 347 g/mol. The van der Waals surface area contributed by atoms with Gasteiger partial charge in [0, 0.05) is 29.7 Å². The zero-order valence-electron chi connectivity index (χ0n) is 15.1. The smallest absolute Gasteiger partial charge is 0.175 e. The van der Waals surface area contributed by atoms with Crippen molar-refractivity contribution in [2.45, 2.75) is 18.9 Å². The molecule has 26 heavy (non-hydrogen) atoms. The van der Waals surface area contributed by atoms with E-state index in [0.717, 1.165) is 24.8 Å². The van der Waals surface area contributed by atoms with E-state index in [1.165, 1.54) is 6.07 Å². The Morgan fingerprint density at radius 2 is 2.27 bits per heavy atom. The number of benzene rings is 1. The summed E-state index contributed by atoms with van der Waals surface area (Å²) in [5.41, 5.74) is 2.05. The molecular formula is C19H18N6O. The lowest BCUT2D eigenvalue weighted by Crippen LogP contribution is -2.38. The number of anilines is 1. The number of aromatic nitrogens is 3. The summed E-state index contributed by atoms with van der Waals surface area (Å²) in [6.45, 7) is 1.40. The first kappa shape index (κ1) is 15.0. The van der Waals surface area contributed by atoms with Gasteiger partial charge in [0.15, 0.2) is 5.82 Å². The highest BCUT2D eigenvalue weighted by Gasteiger charge is 2.18. The number of fused-ring (bicyclic) bond motifs is 1. The summed E-state index contributed by atoms with van der Waals surface area (Å²) in [6.07, 6.45) is 3.61. The van der Waals surface area contributed by atoms with E-state index in [0.29, 0.717) is 34.7 Å². The van der Waals surface area contributed by atoms with E-state index < -0.39 is 0 Å². The second-order valence-corrected chi connectivity index (χ2v) is 6.25. The first-order valence-electron chi connectivity index (χ1n) is 8.95. The molecule has 0 amide bonds. The van der Waals surface area contributed by atoms with Crippen molar-refractivity contribution in [2.75, 3.05) is 18.4 Å². The molecule has 7 nitrogen and oxygen atoms in total. The van der Waals surface area contributed by atoms with Crippen molar-refractivity contribution in [3.8, 4) is 23.1 Å². The molecule has 0 radical (unpaired) electrons. The Labute approximate surface area is 152 Å². The zero-order valence-corrected chi connectivity index (χ0v) is 14.1. The fraction of sp³-hybridized carbons (Fsp3) is 0.263. The molecule has 0 aliphatic carbocycles. The Bertz CT molecular complexity index is 1030. The second kappa shape index (κ2) is 6.94. The second-order valence-electron chi connectivity index (χ2n) is 6.25. The van der Waals surface area contributed by atoms with Crippen molar-refractivity contribution in [3.05, 3.63) is 42.1 Å². The van der Waals surface area contributed by atoms with Crippen LogP contribution in [0.5, 0.6) is 5.75 Å². The average Bonchev–Trinajstić information content (AvgIpc) is 2.68. The first-order chi connectivity index (χ1) is 13.2. The average molecular weight is 347 g/mol. The van der Waals surface area contributed by atoms with Crippen molar-refractivity contribution in [3.63, 3.8) is 0 Å². The van der Waals surface area contributed by atoms with E-state index in [9.17, 15) is 5.11 Å². The minimum absolute atomic E-state index is 0.0219. The van der Waals surface area contributed by atoms with Gasteiger partial charge in [0.25, 0.3) is 0 Å². The number of piperidine rings is 1. The number of aromatic hydroxyl groups is 1. The van der Waals surface area contributed by atoms with Crippen LogP contribution in [0.15, 0.2) is 36.5 Å². The fourth-order valence-corrected chi connectivity index (χ4v) is 3.18. The molecule has 1 fully saturated rings. The van der Waals surface area contributed by atoms with Crippen LogP contribution in [0, 0.1) is 11.3 Å². The normalized spacial score (nSPS) is 18.3. The Morgan fingerprint density at radius 1 is 1.35 bits per heavy atom. The Balaban J connectivity index is 1.76. The van der Waals surface area contributed by atoms with E-state index >= 15 is 0 Å². The predicted octanol–water partition coefficient (Wildman–Crippen LogP) is 2.43. The molecule has 4 rings (SSSR count). The van der Waals surface area contributed by atoms with E-state index in [1.54, 1.807) is 23.6 Å². The van der Waals surface area contributed by atoms with E-state index in [4.69, 9.17) is 6.67 Å².